The van der Waals surface area contributed by atoms with E-state index in [-0.39, 0.29) is 12.0 Å². The van der Waals surface area contributed by atoms with Gasteiger partial charge in [0.1, 0.15) is 11.5 Å². The summed E-state index contributed by atoms with van der Waals surface area (Å²) in [6, 6.07) is 7.11. The lowest BCUT2D eigenvalue weighted by molar-refractivity contribution is -0.122. The number of methoxy groups -OCH3 is 1. The number of nitrogens with one attached hydrogen (secondary N) is 1. The highest BCUT2D eigenvalue weighted by Gasteiger charge is 2.18. The van der Waals surface area contributed by atoms with Gasteiger partial charge in [-0.25, -0.2) is 0 Å². The molecule has 2 atom stereocenters. The third-order valence-electron chi connectivity index (χ3n) is 4.06. The van der Waals surface area contributed by atoms with Crippen molar-refractivity contribution in [1.82, 2.24) is 9.78 Å². The summed E-state index contributed by atoms with van der Waals surface area (Å²) in [5, 5.41) is 7.08. The minimum atomic E-state index is -0.630. The molecule has 0 saturated carbocycles. The molecule has 25 heavy (non-hydrogen) atoms. The molecular formula is C18H23N3O4. The fourth-order valence-electron chi connectivity index (χ4n) is 2.68. The van der Waals surface area contributed by atoms with Crippen LogP contribution in [0.4, 0.5) is 5.69 Å². The van der Waals surface area contributed by atoms with Gasteiger partial charge in [0.25, 0.3) is 5.91 Å². The van der Waals surface area contributed by atoms with Crippen molar-refractivity contribution in [2.75, 3.05) is 19.0 Å². The van der Waals surface area contributed by atoms with Crippen molar-refractivity contribution in [2.24, 2.45) is 0 Å². The van der Waals surface area contributed by atoms with E-state index in [1.807, 2.05) is 0 Å². The van der Waals surface area contributed by atoms with Crippen LogP contribution in [0, 0.1) is 0 Å². The van der Waals surface area contributed by atoms with Crippen LogP contribution in [-0.2, 0) is 16.1 Å². The smallest absolute Gasteiger partial charge is 0.265 e. The van der Waals surface area contributed by atoms with E-state index < -0.39 is 6.10 Å². The number of amides is 1. The monoisotopic (exact) mass is 345 g/mol. The van der Waals surface area contributed by atoms with E-state index in [9.17, 15) is 4.79 Å². The summed E-state index contributed by atoms with van der Waals surface area (Å²) in [4.78, 5) is 12.3. The zero-order valence-electron chi connectivity index (χ0n) is 14.5. The molecule has 2 heterocycles. The Morgan fingerprint density at radius 1 is 1.40 bits per heavy atom. The zero-order valence-corrected chi connectivity index (χ0v) is 14.5. The van der Waals surface area contributed by atoms with Gasteiger partial charge in [-0.15, -0.1) is 0 Å². The Morgan fingerprint density at radius 2 is 2.16 bits per heavy atom. The Morgan fingerprint density at radius 3 is 2.84 bits per heavy atom. The van der Waals surface area contributed by atoms with Crippen molar-refractivity contribution in [1.29, 1.82) is 0 Å². The van der Waals surface area contributed by atoms with Gasteiger partial charge in [-0.2, -0.15) is 5.10 Å². The zero-order chi connectivity index (χ0) is 17.6. The van der Waals surface area contributed by atoms with Gasteiger partial charge in [-0.3, -0.25) is 9.48 Å². The van der Waals surface area contributed by atoms with Crippen LogP contribution in [0.3, 0.4) is 0 Å². The molecule has 1 aromatic heterocycles. The Labute approximate surface area is 146 Å². The van der Waals surface area contributed by atoms with Crippen molar-refractivity contribution in [2.45, 2.75) is 38.5 Å². The molecule has 1 aliphatic heterocycles. The SMILES string of the molecule is COc1ccc(OC(C)C(=O)Nc2cnn(CC3CCCO3)c2)cc1. The normalized spacial score (nSPS) is 17.9. The van der Waals surface area contributed by atoms with Gasteiger partial charge in [-0.1, -0.05) is 0 Å². The maximum atomic E-state index is 12.3. The number of nitrogens with zero attached hydrogens (tertiary/aromatic N) is 2. The van der Waals surface area contributed by atoms with Crippen LogP contribution >= 0.6 is 0 Å². The fraction of sp³-hybridized carbons (Fsp3) is 0.444. The van der Waals surface area contributed by atoms with E-state index in [0.717, 1.165) is 25.2 Å². The Balaban J connectivity index is 1.51. The molecule has 2 aromatic rings. The molecule has 1 N–H and O–H groups in total. The number of carbonyl (C=O) groups is 1. The molecule has 7 heteroatoms. The summed E-state index contributed by atoms with van der Waals surface area (Å²) < 4.78 is 18.1. The average molecular weight is 345 g/mol. The summed E-state index contributed by atoms with van der Waals surface area (Å²) in [5.41, 5.74) is 0.646. The molecule has 1 fully saturated rings. The van der Waals surface area contributed by atoms with Crippen LogP contribution in [0.1, 0.15) is 19.8 Å². The molecule has 1 aromatic carbocycles. The summed E-state index contributed by atoms with van der Waals surface area (Å²) >= 11 is 0. The maximum absolute atomic E-state index is 12.3. The number of hydrogen-bond acceptors (Lipinski definition) is 5. The molecule has 0 bridgehead atoms. The largest absolute Gasteiger partial charge is 0.497 e. The first-order chi connectivity index (χ1) is 12.1. The maximum Gasteiger partial charge on any atom is 0.265 e. The Hall–Kier alpha value is -2.54. The predicted molar refractivity (Wildman–Crippen MR) is 92.9 cm³/mol. The van der Waals surface area contributed by atoms with Crippen LogP contribution < -0.4 is 14.8 Å². The van der Waals surface area contributed by atoms with Crippen LogP contribution in [0.5, 0.6) is 11.5 Å². The molecule has 1 amide bonds. The van der Waals surface area contributed by atoms with Crippen molar-refractivity contribution in [3.63, 3.8) is 0 Å². The van der Waals surface area contributed by atoms with Crippen LogP contribution in [0.15, 0.2) is 36.7 Å². The van der Waals surface area contributed by atoms with E-state index >= 15 is 0 Å². The number of anilines is 1. The average Bonchev–Trinajstić information content (AvgIpc) is 3.28. The summed E-state index contributed by atoms with van der Waals surface area (Å²) in [6.07, 6.45) is 5.16. The third-order valence-corrected chi connectivity index (χ3v) is 4.06. The number of hydrogen-bond donors (Lipinski definition) is 1. The van der Waals surface area contributed by atoms with E-state index in [0.29, 0.717) is 18.0 Å². The van der Waals surface area contributed by atoms with Gasteiger partial charge < -0.3 is 19.5 Å². The highest BCUT2D eigenvalue weighted by molar-refractivity contribution is 5.93. The van der Waals surface area contributed by atoms with Crippen LogP contribution in [0.2, 0.25) is 0 Å². The number of ether oxygens (including phenoxy) is 3. The minimum Gasteiger partial charge on any atom is -0.497 e. The lowest BCUT2D eigenvalue weighted by Gasteiger charge is -2.14. The second kappa shape index (κ2) is 8.02. The molecule has 1 saturated heterocycles. The first-order valence-corrected chi connectivity index (χ1v) is 8.39. The minimum absolute atomic E-state index is 0.209. The number of benzene rings is 1. The second-order valence-corrected chi connectivity index (χ2v) is 6.01. The molecule has 3 rings (SSSR count). The number of rotatable bonds is 7. The molecule has 7 nitrogen and oxygen atoms in total. The first-order valence-electron chi connectivity index (χ1n) is 8.39. The first kappa shape index (κ1) is 17.3. The lowest BCUT2D eigenvalue weighted by Crippen LogP contribution is -2.30. The highest BCUT2D eigenvalue weighted by atomic mass is 16.5. The van der Waals surface area contributed by atoms with Gasteiger partial charge in [-0.05, 0) is 44.0 Å². The van der Waals surface area contributed by atoms with Gasteiger partial charge in [0, 0.05) is 12.8 Å². The molecule has 0 spiro atoms. The second-order valence-electron chi connectivity index (χ2n) is 6.01. The van der Waals surface area contributed by atoms with Gasteiger partial charge >= 0.3 is 0 Å². The summed E-state index contributed by atoms with van der Waals surface area (Å²) in [6.45, 7) is 3.22. The van der Waals surface area contributed by atoms with Crippen molar-refractivity contribution in [3.05, 3.63) is 36.7 Å². The topological polar surface area (TPSA) is 74.6 Å². The lowest BCUT2D eigenvalue weighted by atomic mass is 10.2. The summed E-state index contributed by atoms with van der Waals surface area (Å²) in [7, 11) is 1.60. The molecular weight excluding hydrogens is 322 g/mol. The Kier molecular flexibility index (Phi) is 5.55. The highest BCUT2D eigenvalue weighted by Crippen LogP contribution is 2.19. The fourth-order valence-corrected chi connectivity index (χ4v) is 2.68. The Bertz CT molecular complexity index is 693. The van der Waals surface area contributed by atoms with Gasteiger partial charge in [0.15, 0.2) is 6.10 Å². The van der Waals surface area contributed by atoms with Gasteiger partial charge in [0.05, 0.1) is 31.6 Å². The van der Waals surface area contributed by atoms with Crippen molar-refractivity contribution >= 4 is 11.6 Å². The van der Waals surface area contributed by atoms with Crippen molar-refractivity contribution < 1.29 is 19.0 Å². The molecule has 2 unspecified atom stereocenters. The predicted octanol–water partition coefficient (Wildman–Crippen LogP) is 2.48. The van der Waals surface area contributed by atoms with Crippen LogP contribution in [0.25, 0.3) is 0 Å². The van der Waals surface area contributed by atoms with E-state index in [4.69, 9.17) is 14.2 Å². The van der Waals surface area contributed by atoms with Crippen molar-refractivity contribution in [3.8, 4) is 11.5 Å². The third kappa shape index (κ3) is 4.73. The molecule has 134 valence electrons. The quantitative estimate of drug-likeness (QED) is 0.834. The molecule has 0 aliphatic carbocycles. The van der Waals surface area contributed by atoms with E-state index in [2.05, 4.69) is 10.4 Å². The molecule has 0 radical (unpaired) electrons. The number of carbonyl (C=O) groups excluding carboxylic acids is 1. The van der Waals surface area contributed by atoms with E-state index in [1.54, 1.807) is 55.4 Å². The van der Waals surface area contributed by atoms with Crippen LogP contribution in [-0.4, -0.2) is 41.6 Å². The van der Waals surface area contributed by atoms with Gasteiger partial charge in [0.2, 0.25) is 0 Å². The summed E-state index contributed by atoms with van der Waals surface area (Å²) in [5.74, 6) is 1.12. The number of aromatic nitrogens is 2. The van der Waals surface area contributed by atoms with E-state index in [1.165, 1.54) is 0 Å². The molecule has 1 aliphatic rings. The standard InChI is InChI=1S/C18H23N3O4/c1-13(25-16-7-5-15(23-2)6-8-16)18(22)20-14-10-19-21(11-14)12-17-4-3-9-24-17/h5-8,10-11,13,17H,3-4,9,12H2,1-2H3,(H,20,22).